The van der Waals surface area contributed by atoms with Crippen molar-refractivity contribution in [2.24, 2.45) is 17.8 Å². The Kier molecular flexibility index (Phi) is 2.94. The number of aliphatic hydroxyl groups is 1. The molecule has 0 aliphatic heterocycles. The van der Waals surface area contributed by atoms with Gasteiger partial charge in [-0.05, 0) is 37.0 Å². The molecule has 3 atom stereocenters. The van der Waals surface area contributed by atoms with Crippen molar-refractivity contribution < 1.29 is 5.11 Å². The third kappa shape index (κ3) is 2.19. The van der Waals surface area contributed by atoms with E-state index < -0.39 is 0 Å². The molecule has 1 nitrogen and oxygen atoms in total. The molecule has 0 unspecified atom stereocenters. The summed E-state index contributed by atoms with van der Waals surface area (Å²) in [5.74, 6) is 2.18. The molecule has 66 valence electrons. The molecule has 0 heterocycles. The highest BCUT2D eigenvalue weighted by atomic mass is 16.3. The van der Waals surface area contributed by atoms with Crippen molar-refractivity contribution in [2.45, 2.75) is 46.1 Å². The molecule has 1 rings (SSSR count). The molecule has 11 heavy (non-hydrogen) atoms. The largest absolute Gasteiger partial charge is 0.393 e. The average molecular weight is 156 g/mol. The maximum absolute atomic E-state index is 9.48. The first-order chi connectivity index (χ1) is 5.11. The predicted molar refractivity (Wildman–Crippen MR) is 47.3 cm³/mol. The molecular weight excluding hydrogens is 136 g/mol. The summed E-state index contributed by atoms with van der Waals surface area (Å²) in [4.78, 5) is 0. The van der Waals surface area contributed by atoms with Crippen LogP contribution in [-0.2, 0) is 0 Å². The highest BCUT2D eigenvalue weighted by Crippen LogP contribution is 2.33. The normalized spacial score (nSPS) is 39.5. The van der Waals surface area contributed by atoms with Gasteiger partial charge in [0.15, 0.2) is 0 Å². The molecule has 0 aromatic rings. The van der Waals surface area contributed by atoms with Gasteiger partial charge in [0.2, 0.25) is 0 Å². The van der Waals surface area contributed by atoms with Gasteiger partial charge >= 0.3 is 0 Å². The van der Waals surface area contributed by atoms with Crippen LogP contribution < -0.4 is 0 Å². The van der Waals surface area contributed by atoms with Gasteiger partial charge in [0, 0.05) is 0 Å². The SMILES string of the molecule is CC(C)[C@H]1CC[C@@H](O)[C@@H](C)C1. The Hall–Kier alpha value is -0.0400. The Morgan fingerprint density at radius 1 is 1.27 bits per heavy atom. The average Bonchev–Trinajstić information content (AvgIpc) is 1.94. The number of hydrogen-bond acceptors (Lipinski definition) is 1. The Balaban J connectivity index is 2.40. The van der Waals surface area contributed by atoms with Crippen molar-refractivity contribution in [1.82, 2.24) is 0 Å². The summed E-state index contributed by atoms with van der Waals surface area (Å²) in [5.41, 5.74) is 0. The topological polar surface area (TPSA) is 20.2 Å². The van der Waals surface area contributed by atoms with Crippen LogP contribution in [0.15, 0.2) is 0 Å². The second-order valence-electron chi connectivity index (χ2n) is 4.36. The summed E-state index contributed by atoms with van der Waals surface area (Å²) >= 11 is 0. The molecule has 0 spiro atoms. The fraction of sp³-hybridized carbons (Fsp3) is 1.00. The number of hydrogen-bond donors (Lipinski definition) is 1. The highest BCUT2D eigenvalue weighted by Gasteiger charge is 2.27. The molecule has 1 heteroatoms. The summed E-state index contributed by atoms with van der Waals surface area (Å²) in [6.07, 6.45) is 3.44. The summed E-state index contributed by atoms with van der Waals surface area (Å²) in [7, 11) is 0. The zero-order valence-electron chi connectivity index (χ0n) is 7.88. The maximum Gasteiger partial charge on any atom is 0.0566 e. The minimum Gasteiger partial charge on any atom is -0.393 e. The van der Waals surface area contributed by atoms with Gasteiger partial charge in [-0.3, -0.25) is 0 Å². The Morgan fingerprint density at radius 3 is 2.36 bits per heavy atom. The first-order valence-corrected chi connectivity index (χ1v) is 4.79. The Bertz CT molecular complexity index is 120. The molecular formula is C10H20O. The quantitative estimate of drug-likeness (QED) is 0.618. The van der Waals surface area contributed by atoms with Crippen molar-refractivity contribution in [3.63, 3.8) is 0 Å². The molecule has 0 radical (unpaired) electrons. The van der Waals surface area contributed by atoms with E-state index >= 15 is 0 Å². The standard InChI is InChI=1S/C10H20O/c1-7(2)9-4-5-10(11)8(3)6-9/h7-11H,4-6H2,1-3H3/t8-,9-,10+/m0/s1. The second kappa shape index (κ2) is 3.57. The Morgan fingerprint density at radius 2 is 1.91 bits per heavy atom. The van der Waals surface area contributed by atoms with Crippen LogP contribution in [0.25, 0.3) is 0 Å². The smallest absolute Gasteiger partial charge is 0.0566 e. The van der Waals surface area contributed by atoms with Gasteiger partial charge in [0.05, 0.1) is 6.10 Å². The summed E-state index contributed by atoms with van der Waals surface area (Å²) in [6.45, 7) is 6.74. The van der Waals surface area contributed by atoms with Gasteiger partial charge in [-0.2, -0.15) is 0 Å². The van der Waals surface area contributed by atoms with Crippen molar-refractivity contribution >= 4 is 0 Å². The van der Waals surface area contributed by atoms with Crippen molar-refractivity contribution in [3.8, 4) is 0 Å². The van der Waals surface area contributed by atoms with Crippen LogP contribution in [-0.4, -0.2) is 11.2 Å². The monoisotopic (exact) mass is 156 g/mol. The third-order valence-electron chi connectivity index (χ3n) is 3.11. The summed E-state index contributed by atoms with van der Waals surface area (Å²) in [5, 5.41) is 9.48. The lowest BCUT2D eigenvalue weighted by molar-refractivity contribution is 0.0465. The van der Waals surface area contributed by atoms with Gasteiger partial charge in [-0.25, -0.2) is 0 Å². The Labute approximate surface area is 69.8 Å². The van der Waals surface area contributed by atoms with E-state index in [2.05, 4.69) is 20.8 Å². The summed E-state index contributed by atoms with van der Waals surface area (Å²) < 4.78 is 0. The molecule has 0 amide bonds. The van der Waals surface area contributed by atoms with E-state index in [1.54, 1.807) is 0 Å². The fourth-order valence-corrected chi connectivity index (χ4v) is 2.03. The molecule has 0 aromatic carbocycles. The van der Waals surface area contributed by atoms with E-state index in [1.807, 2.05) is 0 Å². The zero-order chi connectivity index (χ0) is 8.43. The summed E-state index contributed by atoms with van der Waals surface area (Å²) in [6, 6.07) is 0. The lowest BCUT2D eigenvalue weighted by Gasteiger charge is -2.33. The molecule has 1 aliphatic carbocycles. The van der Waals surface area contributed by atoms with Crippen LogP contribution in [0.1, 0.15) is 40.0 Å². The maximum atomic E-state index is 9.48. The van der Waals surface area contributed by atoms with E-state index in [9.17, 15) is 5.11 Å². The van der Waals surface area contributed by atoms with Crippen molar-refractivity contribution in [3.05, 3.63) is 0 Å². The predicted octanol–water partition coefficient (Wildman–Crippen LogP) is 2.44. The molecule has 0 saturated heterocycles. The first kappa shape index (κ1) is 9.05. The zero-order valence-corrected chi connectivity index (χ0v) is 7.88. The van der Waals surface area contributed by atoms with Crippen LogP contribution in [0.3, 0.4) is 0 Å². The molecule has 1 fully saturated rings. The third-order valence-corrected chi connectivity index (χ3v) is 3.11. The molecule has 0 aromatic heterocycles. The minimum atomic E-state index is -0.0231. The highest BCUT2D eigenvalue weighted by molar-refractivity contribution is 4.78. The van der Waals surface area contributed by atoms with E-state index in [0.29, 0.717) is 5.92 Å². The lowest BCUT2D eigenvalue weighted by Crippen LogP contribution is -2.29. The fourth-order valence-electron chi connectivity index (χ4n) is 2.03. The number of aliphatic hydroxyl groups excluding tert-OH is 1. The van der Waals surface area contributed by atoms with Crippen LogP contribution in [0, 0.1) is 17.8 Å². The van der Waals surface area contributed by atoms with Gasteiger partial charge in [-0.1, -0.05) is 20.8 Å². The number of rotatable bonds is 1. The van der Waals surface area contributed by atoms with Crippen LogP contribution >= 0.6 is 0 Å². The molecule has 0 bridgehead atoms. The second-order valence-corrected chi connectivity index (χ2v) is 4.36. The van der Waals surface area contributed by atoms with Crippen LogP contribution in [0.2, 0.25) is 0 Å². The molecule has 1 saturated carbocycles. The first-order valence-electron chi connectivity index (χ1n) is 4.79. The van der Waals surface area contributed by atoms with E-state index in [0.717, 1.165) is 18.3 Å². The molecule has 1 aliphatic rings. The van der Waals surface area contributed by atoms with Crippen LogP contribution in [0.4, 0.5) is 0 Å². The van der Waals surface area contributed by atoms with Crippen molar-refractivity contribution in [1.29, 1.82) is 0 Å². The van der Waals surface area contributed by atoms with Gasteiger partial charge in [0.25, 0.3) is 0 Å². The van der Waals surface area contributed by atoms with Gasteiger partial charge in [-0.15, -0.1) is 0 Å². The van der Waals surface area contributed by atoms with Gasteiger partial charge in [0.1, 0.15) is 0 Å². The van der Waals surface area contributed by atoms with Crippen LogP contribution in [0.5, 0.6) is 0 Å². The van der Waals surface area contributed by atoms with Crippen molar-refractivity contribution in [2.75, 3.05) is 0 Å². The molecule has 1 N–H and O–H groups in total. The van der Waals surface area contributed by atoms with E-state index in [1.165, 1.54) is 12.8 Å². The van der Waals surface area contributed by atoms with E-state index in [4.69, 9.17) is 0 Å². The lowest BCUT2D eigenvalue weighted by atomic mass is 9.75. The van der Waals surface area contributed by atoms with E-state index in [-0.39, 0.29) is 6.10 Å². The minimum absolute atomic E-state index is 0.0231. The van der Waals surface area contributed by atoms with Gasteiger partial charge < -0.3 is 5.11 Å².